The molecule has 2 aromatic carbocycles. The summed E-state index contributed by atoms with van der Waals surface area (Å²) in [7, 11) is 0. The fraction of sp³-hybridized carbons (Fsp3) is 0.0588. The van der Waals surface area contributed by atoms with Gasteiger partial charge in [0, 0.05) is 18.0 Å². The van der Waals surface area contributed by atoms with Gasteiger partial charge < -0.3 is 10.6 Å². The lowest BCUT2D eigenvalue weighted by Gasteiger charge is -2.09. The molecular formula is C17H14ClFN4S. The second kappa shape index (κ2) is 7.42. The number of aromatic nitrogens is 2. The zero-order chi connectivity index (χ0) is 16.9. The van der Waals surface area contributed by atoms with Crippen LogP contribution in [0.4, 0.5) is 15.9 Å². The van der Waals surface area contributed by atoms with Crippen LogP contribution < -0.4 is 10.6 Å². The number of nitrogens with zero attached hydrogens (tertiary/aromatic N) is 2. The van der Waals surface area contributed by atoms with Crippen LogP contribution in [0.5, 0.6) is 0 Å². The predicted molar refractivity (Wildman–Crippen MR) is 99.0 cm³/mol. The summed E-state index contributed by atoms with van der Waals surface area (Å²) in [5.41, 5.74) is 1.76. The maximum absolute atomic E-state index is 13.1. The molecule has 0 aliphatic heterocycles. The minimum atomic E-state index is -0.472. The van der Waals surface area contributed by atoms with Crippen LogP contribution in [0.2, 0.25) is 5.02 Å². The number of hydrogen-bond acceptors (Lipinski definition) is 2. The van der Waals surface area contributed by atoms with Crippen LogP contribution in [-0.2, 0) is 6.54 Å². The Kier molecular flexibility index (Phi) is 5.08. The Labute approximate surface area is 149 Å². The van der Waals surface area contributed by atoms with Gasteiger partial charge in [-0.1, -0.05) is 41.9 Å². The number of nitrogens with one attached hydrogen (secondary N) is 2. The van der Waals surface area contributed by atoms with Crippen molar-refractivity contribution in [2.45, 2.75) is 6.54 Å². The fourth-order valence-electron chi connectivity index (χ4n) is 2.14. The smallest absolute Gasteiger partial charge is 0.176 e. The first-order valence-electron chi connectivity index (χ1n) is 7.20. The van der Waals surface area contributed by atoms with E-state index in [1.807, 2.05) is 47.3 Å². The highest BCUT2D eigenvalue weighted by Crippen LogP contribution is 2.19. The molecule has 0 amide bonds. The Morgan fingerprint density at radius 2 is 1.92 bits per heavy atom. The van der Waals surface area contributed by atoms with Gasteiger partial charge in [-0.15, -0.1) is 0 Å². The third-order valence-corrected chi connectivity index (χ3v) is 3.74. The van der Waals surface area contributed by atoms with E-state index in [1.165, 1.54) is 12.1 Å². The van der Waals surface area contributed by atoms with E-state index in [9.17, 15) is 4.39 Å². The minimum absolute atomic E-state index is 0.0370. The molecule has 0 spiro atoms. The van der Waals surface area contributed by atoms with E-state index in [2.05, 4.69) is 15.7 Å². The average Bonchev–Trinajstić information content (AvgIpc) is 2.99. The van der Waals surface area contributed by atoms with Gasteiger partial charge in [0.25, 0.3) is 0 Å². The van der Waals surface area contributed by atoms with E-state index >= 15 is 0 Å². The number of anilines is 2. The molecule has 0 bridgehead atoms. The molecule has 1 aromatic heterocycles. The molecule has 0 aliphatic carbocycles. The molecule has 0 radical (unpaired) electrons. The van der Waals surface area contributed by atoms with Crippen LogP contribution in [0.1, 0.15) is 5.56 Å². The van der Waals surface area contributed by atoms with Crippen molar-refractivity contribution in [1.29, 1.82) is 0 Å². The molecule has 3 rings (SSSR count). The molecule has 122 valence electrons. The lowest BCUT2D eigenvalue weighted by atomic mass is 10.2. The van der Waals surface area contributed by atoms with E-state index < -0.39 is 5.82 Å². The predicted octanol–water partition coefficient (Wildman–Crippen LogP) is 4.53. The summed E-state index contributed by atoms with van der Waals surface area (Å²) in [6.45, 7) is 0.677. The summed E-state index contributed by atoms with van der Waals surface area (Å²) in [6.07, 6.45) is 1.87. The largest absolute Gasteiger partial charge is 0.332 e. The number of halogens is 2. The van der Waals surface area contributed by atoms with Gasteiger partial charge in [0.1, 0.15) is 5.82 Å². The van der Waals surface area contributed by atoms with Crippen molar-refractivity contribution in [3.05, 3.63) is 77.2 Å². The van der Waals surface area contributed by atoms with Crippen molar-refractivity contribution in [2.24, 2.45) is 0 Å². The zero-order valence-electron chi connectivity index (χ0n) is 12.5. The maximum Gasteiger partial charge on any atom is 0.176 e. The van der Waals surface area contributed by atoms with Crippen LogP contribution in [-0.4, -0.2) is 14.9 Å². The van der Waals surface area contributed by atoms with Crippen LogP contribution in [0.15, 0.2) is 60.8 Å². The molecule has 0 saturated carbocycles. The summed E-state index contributed by atoms with van der Waals surface area (Å²) in [4.78, 5) is 0. The highest BCUT2D eigenvalue weighted by Gasteiger charge is 2.05. The maximum atomic E-state index is 13.1. The number of thiocarbonyl (C=S) groups is 1. The molecule has 3 aromatic rings. The van der Waals surface area contributed by atoms with Gasteiger partial charge in [-0.3, -0.25) is 4.68 Å². The van der Waals surface area contributed by atoms with Gasteiger partial charge in [0.15, 0.2) is 10.9 Å². The molecule has 0 unspecified atom stereocenters. The summed E-state index contributed by atoms with van der Waals surface area (Å²) < 4.78 is 15.0. The van der Waals surface area contributed by atoms with Crippen LogP contribution in [0, 0.1) is 5.82 Å². The molecule has 24 heavy (non-hydrogen) atoms. The van der Waals surface area contributed by atoms with E-state index in [0.717, 1.165) is 5.56 Å². The highest BCUT2D eigenvalue weighted by molar-refractivity contribution is 7.80. The minimum Gasteiger partial charge on any atom is -0.332 e. The summed E-state index contributed by atoms with van der Waals surface area (Å²) in [5, 5.41) is 10.7. The molecule has 0 aliphatic rings. The van der Waals surface area contributed by atoms with E-state index in [-0.39, 0.29) is 5.02 Å². The normalized spacial score (nSPS) is 10.4. The summed E-state index contributed by atoms with van der Waals surface area (Å²) >= 11 is 11.0. The first-order chi connectivity index (χ1) is 11.6. The van der Waals surface area contributed by atoms with Gasteiger partial charge in [0.2, 0.25) is 0 Å². The second-order valence-corrected chi connectivity index (χ2v) is 5.91. The van der Waals surface area contributed by atoms with Crippen molar-refractivity contribution in [1.82, 2.24) is 9.78 Å². The fourth-order valence-corrected chi connectivity index (χ4v) is 2.54. The Hall–Kier alpha value is -2.44. The Morgan fingerprint density at radius 1 is 1.12 bits per heavy atom. The third kappa shape index (κ3) is 4.31. The van der Waals surface area contributed by atoms with Crippen molar-refractivity contribution < 1.29 is 4.39 Å². The van der Waals surface area contributed by atoms with Crippen molar-refractivity contribution in [3.63, 3.8) is 0 Å². The van der Waals surface area contributed by atoms with Gasteiger partial charge in [-0.25, -0.2) is 4.39 Å². The SMILES string of the molecule is Fc1ccc(NC(=S)Nc2ccn(Cc3ccccc3)n2)cc1Cl. The van der Waals surface area contributed by atoms with Crippen molar-refractivity contribution in [2.75, 3.05) is 10.6 Å². The molecule has 0 atom stereocenters. The number of benzene rings is 2. The highest BCUT2D eigenvalue weighted by atomic mass is 35.5. The van der Waals surface area contributed by atoms with Gasteiger partial charge in [0.05, 0.1) is 11.6 Å². The van der Waals surface area contributed by atoms with Crippen molar-refractivity contribution >= 4 is 40.4 Å². The molecule has 0 saturated heterocycles. The average molecular weight is 361 g/mol. The monoisotopic (exact) mass is 360 g/mol. The second-order valence-electron chi connectivity index (χ2n) is 5.09. The van der Waals surface area contributed by atoms with Crippen LogP contribution >= 0.6 is 23.8 Å². The van der Waals surface area contributed by atoms with Gasteiger partial charge in [-0.05, 0) is 36.0 Å². The number of hydrogen-bond donors (Lipinski definition) is 2. The molecule has 7 heteroatoms. The standard InChI is InChI=1S/C17H14ClFN4S/c18-14-10-13(6-7-15(14)19)20-17(24)21-16-8-9-23(22-16)11-12-4-2-1-3-5-12/h1-10H,11H2,(H2,20,21,22,24). The molecule has 0 fully saturated rings. The first kappa shape index (κ1) is 16.4. The van der Waals surface area contributed by atoms with Crippen LogP contribution in [0.25, 0.3) is 0 Å². The first-order valence-corrected chi connectivity index (χ1v) is 7.99. The molecular weight excluding hydrogens is 347 g/mol. The summed E-state index contributed by atoms with van der Waals surface area (Å²) in [6, 6.07) is 16.2. The lowest BCUT2D eigenvalue weighted by Crippen LogP contribution is -2.19. The van der Waals surface area contributed by atoms with Gasteiger partial charge >= 0.3 is 0 Å². The lowest BCUT2D eigenvalue weighted by molar-refractivity contribution is 0.628. The number of rotatable bonds is 4. The third-order valence-electron chi connectivity index (χ3n) is 3.25. The van der Waals surface area contributed by atoms with Gasteiger partial charge in [-0.2, -0.15) is 5.10 Å². The van der Waals surface area contributed by atoms with E-state index in [1.54, 1.807) is 6.07 Å². The Morgan fingerprint density at radius 3 is 2.67 bits per heavy atom. The molecule has 1 heterocycles. The Balaban J connectivity index is 1.59. The zero-order valence-corrected chi connectivity index (χ0v) is 14.1. The van der Waals surface area contributed by atoms with E-state index in [0.29, 0.717) is 23.2 Å². The topological polar surface area (TPSA) is 41.9 Å². The molecule has 4 nitrogen and oxygen atoms in total. The van der Waals surface area contributed by atoms with Crippen molar-refractivity contribution in [3.8, 4) is 0 Å². The quantitative estimate of drug-likeness (QED) is 0.671. The summed E-state index contributed by atoms with van der Waals surface area (Å²) in [5.74, 6) is 0.150. The van der Waals surface area contributed by atoms with Crippen LogP contribution in [0.3, 0.4) is 0 Å². The Bertz CT molecular complexity index is 851. The van der Waals surface area contributed by atoms with E-state index in [4.69, 9.17) is 23.8 Å². The molecule has 2 N–H and O–H groups in total.